The number of carbonyl (C=O) groups is 2. The summed E-state index contributed by atoms with van der Waals surface area (Å²) in [4.78, 5) is 23.1. The molecule has 0 radical (unpaired) electrons. The van der Waals surface area contributed by atoms with Crippen LogP contribution >= 0.6 is 11.8 Å². The Hall–Kier alpha value is -0.710. The fraction of sp³-hybridized carbons (Fsp3) is 0.846. The van der Waals surface area contributed by atoms with Gasteiger partial charge in [-0.2, -0.15) is 11.8 Å². The molecule has 1 unspecified atom stereocenters. The largest absolute Gasteiger partial charge is 0.481 e. The van der Waals surface area contributed by atoms with E-state index >= 15 is 0 Å². The van der Waals surface area contributed by atoms with Crippen molar-refractivity contribution >= 4 is 23.6 Å². The van der Waals surface area contributed by atoms with E-state index < -0.39 is 11.9 Å². The van der Waals surface area contributed by atoms with Crippen LogP contribution in [0.2, 0.25) is 0 Å². The number of hydrogen-bond acceptors (Lipinski definition) is 3. The Bertz CT molecular complexity index is 296. The lowest BCUT2D eigenvalue weighted by molar-refractivity contribution is -0.148. The van der Waals surface area contributed by atoms with Gasteiger partial charge in [0.05, 0.1) is 11.8 Å². The van der Waals surface area contributed by atoms with Crippen molar-refractivity contribution in [3.05, 3.63) is 0 Å². The number of hydrogen-bond donors (Lipinski definition) is 2. The highest BCUT2D eigenvalue weighted by molar-refractivity contribution is 7.99. The van der Waals surface area contributed by atoms with Crippen molar-refractivity contribution in [3.63, 3.8) is 0 Å². The quantitative estimate of drug-likeness (QED) is 0.778. The number of carboxylic acid groups (broad SMARTS) is 1. The number of carboxylic acids is 1. The Morgan fingerprint density at radius 2 is 1.94 bits per heavy atom. The van der Waals surface area contributed by atoms with Gasteiger partial charge in [0.1, 0.15) is 0 Å². The van der Waals surface area contributed by atoms with E-state index in [1.165, 1.54) is 0 Å². The molecule has 0 spiro atoms. The molecule has 5 heteroatoms. The summed E-state index contributed by atoms with van der Waals surface area (Å²) in [6, 6.07) is 0. The molecule has 0 aromatic rings. The summed E-state index contributed by atoms with van der Waals surface area (Å²) in [5, 5.41) is 12.5. The zero-order chi connectivity index (χ0) is 13.5. The van der Waals surface area contributed by atoms with E-state index in [0.717, 1.165) is 19.3 Å². The second-order valence-corrected chi connectivity index (χ2v) is 6.24. The molecule has 0 aromatic heterocycles. The van der Waals surface area contributed by atoms with Crippen molar-refractivity contribution in [2.75, 3.05) is 12.8 Å². The van der Waals surface area contributed by atoms with Gasteiger partial charge in [0, 0.05) is 11.8 Å². The van der Waals surface area contributed by atoms with Crippen LogP contribution in [0.5, 0.6) is 0 Å². The second kappa shape index (κ2) is 7.67. The van der Waals surface area contributed by atoms with Crippen LogP contribution in [0.25, 0.3) is 0 Å². The maximum absolute atomic E-state index is 12.0. The lowest BCUT2D eigenvalue weighted by Gasteiger charge is -2.27. The third-order valence-electron chi connectivity index (χ3n) is 3.67. The van der Waals surface area contributed by atoms with Gasteiger partial charge in [-0.15, -0.1) is 0 Å². The molecule has 1 saturated carbocycles. The fourth-order valence-electron chi connectivity index (χ4n) is 2.39. The van der Waals surface area contributed by atoms with E-state index in [1.807, 2.05) is 6.26 Å². The molecule has 0 bridgehead atoms. The zero-order valence-corrected chi connectivity index (χ0v) is 12.0. The smallest absolute Gasteiger partial charge is 0.307 e. The predicted octanol–water partition coefficient (Wildman–Crippen LogP) is 2.14. The molecule has 0 saturated heterocycles. The number of rotatable bonds is 6. The molecule has 1 fully saturated rings. The molecule has 1 rings (SSSR count). The monoisotopic (exact) mass is 273 g/mol. The van der Waals surface area contributed by atoms with Crippen LogP contribution in [0.3, 0.4) is 0 Å². The molecule has 1 amide bonds. The maximum atomic E-state index is 12.0. The van der Waals surface area contributed by atoms with Gasteiger partial charge in [-0.25, -0.2) is 0 Å². The van der Waals surface area contributed by atoms with Crippen LogP contribution in [0, 0.1) is 11.8 Å². The van der Waals surface area contributed by atoms with Crippen LogP contribution in [-0.4, -0.2) is 35.0 Å². The predicted molar refractivity (Wildman–Crippen MR) is 73.7 cm³/mol. The zero-order valence-electron chi connectivity index (χ0n) is 11.1. The van der Waals surface area contributed by atoms with Gasteiger partial charge < -0.3 is 10.4 Å². The SMILES string of the molecule is CSC(C)CCNC(=O)[C@@H]1CCCC[C@@H]1C(=O)O. The standard InChI is InChI=1S/C13H23NO3S/c1-9(18-2)7-8-14-12(15)10-5-3-4-6-11(10)13(16)17/h9-11H,3-8H2,1-2H3,(H,14,15)(H,16,17)/t9?,10-,11+/m1/s1. The molecule has 4 nitrogen and oxygen atoms in total. The van der Waals surface area contributed by atoms with Gasteiger partial charge in [0.25, 0.3) is 0 Å². The second-order valence-electron chi connectivity index (χ2n) is 4.96. The normalized spacial score (nSPS) is 25.4. The van der Waals surface area contributed by atoms with Crippen LogP contribution in [0.1, 0.15) is 39.0 Å². The van der Waals surface area contributed by atoms with Gasteiger partial charge in [0.2, 0.25) is 5.91 Å². The summed E-state index contributed by atoms with van der Waals surface area (Å²) in [6.07, 6.45) is 6.20. The minimum atomic E-state index is -0.827. The Kier molecular flexibility index (Phi) is 6.54. The molecular formula is C13H23NO3S. The van der Waals surface area contributed by atoms with Crippen LogP contribution in [0.4, 0.5) is 0 Å². The molecule has 3 atom stereocenters. The number of amides is 1. The number of aliphatic carboxylic acids is 1. The van der Waals surface area contributed by atoms with Crippen molar-refractivity contribution in [2.24, 2.45) is 11.8 Å². The topological polar surface area (TPSA) is 66.4 Å². The van der Waals surface area contributed by atoms with E-state index in [0.29, 0.717) is 24.6 Å². The Balaban J connectivity index is 2.41. The Morgan fingerprint density at radius 1 is 1.33 bits per heavy atom. The molecule has 0 heterocycles. The van der Waals surface area contributed by atoms with E-state index in [4.69, 9.17) is 5.11 Å². The van der Waals surface area contributed by atoms with Crippen molar-refractivity contribution < 1.29 is 14.7 Å². The first-order valence-corrected chi connectivity index (χ1v) is 7.88. The third-order valence-corrected chi connectivity index (χ3v) is 4.71. The highest BCUT2D eigenvalue weighted by Crippen LogP contribution is 2.30. The first-order chi connectivity index (χ1) is 8.56. The highest BCUT2D eigenvalue weighted by Gasteiger charge is 2.35. The van der Waals surface area contributed by atoms with E-state index in [1.54, 1.807) is 11.8 Å². The van der Waals surface area contributed by atoms with Gasteiger partial charge in [0.15, 0.2) is 0 Å². The molecule has 0 aliphatic heterocycles. The Morgan fingerprint density at radius 3 is 2.50 bits per heavy atom. The van der Waals surface area contributed by atoms with Crippen molar-refractivity contribution in [1.82, 2.24) is 5.32 Å². The number of thioether (sulfide) groups is 1. The average molecular weight is 273 g/mol. The van der Waals surface area contributed by atoms with E-state index in [9.17, 15) is 9.59 Å². The first-order valence-electron chi connectivity index (χ1n) is 6.59. The summed E-state index contributed by atoms with van der Waals surface area (Å²) in [5.74, 6) is -1.72. The van der Waals surface area contributed by atoms with Gasteiger partial charge in [-0.1, -0.05) is 19.8 Å². The van der Waals surface area contributed by atoms with Gasteiger partial charge in [-0.05, 0) is 25.5 Å². The summed E-state index contributed by atoms with van der Waals surface area (Å²) >= 11 is 1.77. The molecule has 104 valence electrons. The van der Waals surface area contributed by atoms with E-state index in [2.05, 4.69) is 12.2 Å². The minimum Gasteiger partial charge on any atom is -0.481 e. The van der Waals surface area contributed by atoms with Crippen LogP contribution in [0.15, 0.2) is 0 Å². The van der Waals surface area contributed by atoms with Gasteiger partial charge in [-0.3, -0.25) is 9.59 Å². The highest BCUT2D eigenvalue weighted by atomic mass is 32.2. The third kappa shape index (κ3) is 4.52. The summed E-state index contributed by atoms with van der Waals surface area (Å²) in [7, 11) is 0. The lowest BCUT2D eigenvalue weighted by Crippen LogP contribution is -2.40. The summed E-state index contributed by atoms with van der Waals surface area (Å²) in [6.45, 7) is 2.77. The first kappa shape index (κ1) is 15.3. The average Bonchev–Trinajstić information content (AvgIpc) is 2.38. The van der Waals surface area contributed by atoms with Crippen molar-refractivity contribution in [3.8, 4) is 0 Å². The molecule has 2 N–H and O–H groups in total. The maximum Gasteiger partial charge on any atom is 0.307 e. The van der Waals surface area contributed by atoms with Crippen molar-refractivity contribution in [1.29, 1.82) is 0 Å². The fourth-order valence-corrected chi connectivity index (χ4v) is 2.74. The van der Waals surface area contributed by atoms with E-state index in [-0.39, 0.29) is 11.8 Å². The number of carbonyl (C=O) groups excluding carboxylic acids is 1. The van der Waals surface area contributed by atoms with Crippen LogP contribution < -0.4 is 5.32 Å². The molecule has 1 aliphatic rings. The minimum absolute atomic E-state index is 0.0737. The lowest BCUT2D eigenvalue weighted by atomic mass is 9.78. The summed E-state index contributed by atoms with van der Waals surface area (Å²) in [5.41, 5.74) is 0. The summed E-state index contributed by atoms with van der Waals surface area (Å²) < 4.78 is 0. The molecule has 18 heavy (non-hydrogen) atoms. The number of nitrogens with one attached hydrogen (secondary N) is 1. The molecular weight excluding hydrogens is 250 g/mol. The van der Waals surface area contributed by atoms with Gasteiger partial charge >= 0.3 is 5.97 Å². The molecule has 1 aliphatic carbocycles. The molecule has 0 aromatic carbocycles. The Labute approximate surface area is 113 Å². The van der Waals surface area contributed by atoms with Crippen molar-refractivity contribution in [2.45, 2.75) is 44.3 Å². The van der Waals surface area contributed by atoms with Crippen LogP contribution in [-0.2, 0) is 9.59 Å².